The van der Waals surface area contributed by atoms with E-state index in [0.29, 0.717) is 22.1 Å². The van der Waals surface area contributed by atoms with Gasteiger partial charge in [-0.15, -0.1) is 0 Å². The Morgan fingerprint density at radius 2 is 0.895 bits per heavy atom. The highest BCUT2D eigenvalue weighted by atomic mass is 32.2. The average Bonchev–Trinajstić information content (AvgIpc) is 2.85. The SMILES string of the molecule is CC(=O)Nc1ccc(S(=O)(=O)Oc2ccc(OS(=O)(=O)c3ccc(NC(C)=O)cc3)c3ccccc23)cc1. The van der Waals surface area contributed by atoms with Crippen molar-refractivity contribution in [3.63, 3.8) is 0 Å². The summed E-state index contributed by atoms with van der Waals surface area (Å²) in [4.78, 5) is 22.1. The molecule has 0 atom stereocenters. The van der Waals surface area contributed by atoms with E-state index in [4.69, 9.17) is 8.37 Å². The van der Waals surface area contributed by atoms with Crippen LogP contribution in [0.4, 0.5) is 11.4 Å². The Morgan fingerprint density at radius 1 is 0.553 bits per heavy atom. The molecule has 196 valence electrons. The molecule has 0 aliphatic rings. The summed E-state index contributed by atoms with van der Waals surface area (Å²) in [5.41, 5.74) is 0.851. The van der Waals surface area contributed by atoms with E-state index in [0.717, 1.165) is 0 Å². The lowest BCUT2D eigenvalue weighted by atomic mass is 10.1. The van der Waals surface area contributed by atoms with Gasteiger partial charge in [-0.3, -0.25) is 9.59 Å². The lowest BCUT2D eigenvalue weighted by Gasteiger charge is -2.14. The Morgan fingerprint density at radius 3 is 1.21 bits per heavy atom. The first-order valence-corrected chi connectivity index (χ1v) is 13.9. The van der Waals surface area contributed by atoms with E-state index in [9.17, 15) is 26.4 Å². The van der Waals surface area contributed by atoms with Gasteiger partial charge in [-0.05, 0) is 60.7 Å². The summed E-state index contributed by atoms with van der Waals surface area (Å²) in [6.07, 6.45) is 0. The molecule has 0 radical (unpaired) electrons. The summed E-state index contributed by atoms with van der Waals surface area (Å²) in [5, 5.41) is 5.71. The second kappa shape index (κ2) is 10.5. The van der Waals surface area contributed by atoms with Crippen molar-refractivity contribution in [1.82, 2.24) is 0 Å². The van der Waals surface area contributed by atoms with Gasteiger partial charge in [0.15, 0.2) is 11.5 Å². The van der Waals surface area contributed by atoms with Crippen molar-refractivity contribution >= 4 is 54.2 Å². The third-order valence-electron chi connectivity index (χ3n) is 5.17. The van der Waals surface area contributed by atoms with Crippen LogP contribution >= 0.6 is 0 Å². The molecule has 0 spiro atoms. The molecule has 2 amide bonds. The summed E-state index contributed by atoms with van der Waals surface area (Å²) in [7, 11) is -8.51. The summed E-state index contributed by atoms with van der Waals surface area (Å²) in [6.45, 7) is 2.67. The molecule has 0 heterocycles. The number of hydrogen-bond acceptors (Lipinski definition) is 8. The Bertz CT molecular complexity index is 1600. The van der Waals surface area contributed by atoms with Gasteiger partial charge in [-0.2, -0.15) is 16.8 Å². The molecule has 0 aliphatic heterocycles. The lowest BCUT2D eigenvalue weighted by Crippen LogP contribution is -2.12. The third kappa shape index (κ3) is 6.10. The summed E-state index contributed by atoms with van der Waals surface area (Å²) >= 11 is 0. The van der Waals surface area contributed by atoms with Crippen LogP contribution in [0, 0.1) is 0 Å². The van der Waals surface area contributed by atoms with Crippen molar-refractivity contribution in [3.05, 3.63) is 84.9 Å². The summed E-state index contributed by atoms with van der Waals surface area (Å²) in [6, 6.07) is 19.9. The first-order valence-electron chi connectivity index (χ1n) is 11.1. The van der Waals surface area contributed by atoms with Gasteiger partial charge in [0.25, 0.3) is 0 Å². The molecule has 38 heavy (non-hydrogen) atoms. The molecular formula is C26H22N2O8S2. The number of amides is 2. The lowest BCUT2D eigenvalue weighted by molar-refractivity contribution is -0.115. The zero-order valence-corrected chi connectivity index (χ0v) is 21.8. The number of nitrogens with one attached hydrogen (secondary N) is 2. The zero-order chi connectivity index (χ0) is 27.5. The predicted octanol–water partition coefficient (Wildman–Crippen LogP) is 4.29. The topological polar surface area (TPSA) is 145 Å². The molecule has 0 aliphatic carbocycles. The fraction of sp³-hybridized carbons (Fsp3) is 0.0769. The van der Waals surface area contributed by atoms with Gasteiger partial charge in [0.1, 0.15) is 9.79 Å². The third-order valence-corrected chi connectivity index (χ3v) is 7.67. The van der Waals surface area contributed by atoms with E-state index in [1.807, 2.05) is 0 Å². The Hall–Kier alpha value is -4.42. The minimum absolute atomic E-state index is 0.0315. The van der Waals surface area contributed by atoms with E-state index in [-0.39, 0.29) is 33.1 Å². The van der Waals surface area contributed by atoms with Gasteiger partial charge < -0.3 is 19.0 Å². The Labute approximate surface area is 219 Å². The standard InChI is InChI=1S/C26H22N2O8S2/c1-17(29)27-19-7-11-21(12-8-19)37(31,32)35-25-15-16-26(24-6-4-3-5-23(24)25)36-38(33,34)22-13-9-20(10-14-22)28-18(2)30/h3-16H,1-2H3,(H,27,29)(H,28,30). The molecular weight excluding hydrogens is 532 g/mol. The van der Waals surface area contributed by atoms with E-state index >= 15 is 0 Å². The maximum Gasteiger partial charge on any atom is 0.339 e. The molecule has 0 fully saturated rings. The highest BCUT2D eigenvalue weighted by Gasteiger charge is 2.22. The van der Waals surface area contributed by atoms with Crippen LogP contribution < -0.4 is 19.0 Å². The average molecular weight is 555 g/mol. The number of hydrogen-bond donors (Lipinski definition) is 2. The molecule has 0 unspecified atom stereocenters. The first kappa shape index (κ1) is 26.6. The fourth-order valence-corrected chi connectivity index (χ4v) is 5.43. The van der Waals surface area contributed by atoms with Crippen molar-refractivity contribution in [2.45, 2.75) is 23.6 Å². The Kier molecular flexibility index (Phi) is 7.37. The molecule has 0 bridgehead atoms. The smallest absolute Gasteiger partial charge is 0.339 e. The van der Waals surface area contributed by atoms with Crippen LogP contribution in [-0.2, 0) is 29.8 Å². The molecule has 12 heteroatoms. The molecule has 0 saturated carbocycles. The van der Waals surface area contributed by atoms with Gasteiger partial charge in [0.2, 0.25) is 11.8 Å². The number of fused-ring (bicyclic) bond motifs is 1. The molecule has 0 aromatic heterocycles. The molecule has 0 saturated heterocycles. The summed E-state index contributed by atoms with van der Waals surface area (Å²) in [5.74, 6) is -0.656. The van der Waals surface area contributed by atoms with Crippen molar-refractivity contribution in [2.24, 2.45) is 0 Å². The molecule has 10 nitrogen and oxygen atoms in total. The second-order valence-electron chi connectivity index (χ2n) is 8.09. The van der Waals surface area contributed by atoms with E-state index < -0.39 is 20.2 Å². The van der Waals surface area contributed by atoms with Gasteiger partial charge in [0, 0.05) is 36.0 Å². The minimum Gasteiger partial charge on any atom is -0.378 e. The maximum atomic E-state index is 12.9. The van der Waals surface area contributed by atoms with Crippen LogP contribution in [0.2, 0.25) is 0 Å². The van der Waals surface area contributed by atoms with Crippen molar-refractivity contribution in [1.29, 1.82) is 0 Å². The second-order valence-corrected chi connectivity index (χ2v) is 11.2. The number of rotatable bonds is 8. The molecule has 4 aromatic carbocycles. The van der Waals surface area contributed by atoms with E-state index in [1.165, 1.54) is 74.5 Å². The van der Waals surface area contributed by atoms with Crippen LogP contribution in [0.5, 0.6) is 11.5 Å². The van der Waals surface area contributed by atoms with Crippen LogP contribution in [0.25, 0.3) is 10.8 Å². The predicted molar refractivity (Wildman–Crippen MR) is 141 cm³/mol. The molecule has 4 rings (SSSR count). The Balaban J connectivity index is 1.62. The van der Waals surface area contributed by atoms with Crippen LogP contribution in [0.3, 0.4) is 0 Å². The minimum atomic E-state index is -4.26. The van der Waals surface area contributed by atoms with E-state index in [1.54, 1.807) is 24.3 Å². The van der Waals surface area contributed by atoms with Gasteiger partial charge in [0.05, 0.1) is 0 Å². The number of anilines is 2. The molecule has 4 aromatic rings. The van der Waals surface area contributed by atoms with Crippen molar-refractivity contribution < 1.29 is 34.8 Å². The van der Waals surface area contributed by atoms with Crippen LogP contribution in [0.1, 0.15) is 13.8 Å². The first-order chi connectivity index (χ1) is 17.9. The fourth-order valence-electron chi connectivity index (χ4n) is 3.54. The van der Waals surface area contributed by atoms with E-state index in [2.05, 4.69) is 10.6 Å². The largest absolute Gasteiger partial charge is 0.378 e. The zero-order valence-electron chi connectivity index (χ0n) is 20.2. The van der Waals surface area contributed by atoms with Crippen molar-refractivity contribution in [3.8, 4) is 11.5 Å². The van der Waals surface area contributed by atoms with Gasteiger partial charge in [-0.1, -0.05) is 24.3 Å². The highest BCUT2D eigenvalue weighted by molar-refractivity contribution is 7.87. The maximum absolute atomic E-state index is 12.9. The van der Waals surface area contributed by atoms with Crippen molar-refractivity contribution in [2.75, 3.05) is 10.6 Å². The quantitative estimate of drug-likeness (QED) is 0.307. The van der Waals surface area contributed by atoms with Crippen LogP contribution in [0.15, 0.2) is 94.7 Å². The summed E-state index contributed by atoms with van der Waals surface area (Å²) < 4.78 is 62.4. The van der Waals surface area contributed by atoms with Gasteiger partial charge >= 0.3 is 20.2 Å². The number of carbonyl (C=O) groups excluding carboxylic acids is 2. The van der Waals surface area contributed by atoms with Crippen LogP contribution in [-0.4, -0.2) is 28.6 Å². The molecule has 2 N–H and O–H groups in total. The highest BCUT2D eigenvalue weighted by Crippen LogP contribution is 2.36. The monoisotopic (exact) mass is 554 g/mol. The number of benzene rings is 4. The number of carbonyl (C=O) groups is 2. The van der Waals surface area contributed by atoms with Gasteiger partial charge in [-0.25, -0.2) is 0 Å². The normalized spacial score (nSPS) is 11.5.